The Balaban J connectivity index is 2.44. The molecule has 0 unspecified atom stereocenters. The van der Waals surface area contributed by atoms with Gasteiger partial charge in [0, 0.05) is 5.69 Å². The Labute approximate surface area is 122 Å². The highest BCUT2D eigenvalue weighted by molar-refractivity contribution is 7.71. The summed E-state index contributed by atoms with van der Waals surface area (Å²) in [7, 11) is 0. The lowest BCUT2D eigenvalue weighted by Crippen LogP contribution is -2.14. The molecule has 19 heavy (non-hydrogen) atoms. The molecule has 0 aliphatic heterocycles. The van der Waals surface area contributed by atoms with Gasteiger partial charge in [-0.05, 0) is 41.5 Å². The summed E-state index contributed by atoms with van der Waals surface area (Å²) in [5, 5.41) is 3.24. The molecule has 0 radical (unpaired) electrons. The van der Waals surface area contributed by atoms with Gasteiger partial charge >= 0.3 is 0 Å². The van der Waals surface area contributed by atoms with Gasteiger partial charge in [-0.15, -0.1) is 0 Å². The van der Waals surface area contributed by atoms with Crippen LogP contribution in [0.1, 0.15) is 26.3 Å². The van der Waals surface area contributed by atoms with E-state index in [-0.39, 0.29) is 5.41 Å². The maximum absolute atomic E-state index is 5.05. The molecule has 1 aromatic heterocycles. The van der Waals surface area contributed by atoms with Crippen LogP contribution >= 0.6 is 24.4 Å². The molecule has 0 fully saturated rings. The molecule has 1 heterocycles. The predicted octanol–water partition coefficient (Wildman–Crippen LogP) is 4.24. The van der Waals surface area contributed by atoms with E-state index in [2.05, 4.69) is 47.1 Å². The van der Waals surface area contributed by atoms with Crippen molar-refractivity contribution in [3.8, 4) is 0 Å². The summed E-state index contributed by atoms with van der Waals surface area (Å²) in [4.78, 5) is 9.89. The summed E-state index contributed by atoms with van der Waals surface area (Å²) in [6, 6.07) is 8.12. The number of hydrogen-bond donors (Lipinski definition) is 3. The molecule has 0 aliphatic carbocycles. The zero-order valence-electron chi connectivity index (χ0n) is 11.1. The molecular formula is C13H16N4S2. The van der Waals surface area contributed by atoms with Gasteiger partial charge < -0.3 is 15.3 Å². The monoisotopic (exact) mass is 292 g/mol. The van der Waals surface area contributed by atoms with E-state index in [1.807, 2.05) is 18.2 Å². The first-order valence-electron chi connectivity index (χ1n) is 5.93. The van der Waals surface area contributed by atoms with Crippen LogP contribution in [-0.2, 0) is 5.41 Å². The lowest BCUT2D eigenvalue weighted by Gasteiger charge is -2.23. The fourth-order valence-electron chi connectivity index (χ4n) is 1.83. The van der Waals surface area contributed by atoms with Crippen LogP contribution in [0.2, 0.25) is 0 Å². The molecule has 0 aliphatic rings. The van der Waals surface area contributed by atoms with Gasteiger partial charge in [0.05, 0.1) is 0 Å². The Morgan fingerprint density at radius 3 is 2.42 bits per heavy atom. The van der Waals surface area contributed by atoms with Crippen LogP contribution in [0.5, 0.6) is 0 Å². The van der Waals surface area contributed by atoms with Crippen LogP contribution in [-0.4, -0.2) is 15.0 Å². The average Bonchev–Trinajstić information content (AvgIpc) is 2.26. The van der Waals surface area contributed by atoms with E-state index in [1.165, 1.54) is 5.56 Å². The standard InChI is InChI=1S/C13H16N4S2/c1-13(2,3)8-6-4-5-7-9(8)14-10-15-11(18)17-12(19)16-10/h4-7H,1-3H3,(H3,14,15,16,17,18,19). The van der Waals surface area contributed by atoms with E-state index in [0.29, 0.717) is 15.5 Å². The van der Waals surface area contributed by atoms with Crippen LogP contribution in [0.15, 0.2) is 24.3 Å². The molecular weight excluding hydrogens is 276 g/mol. The van der Waals surface area contributed by atoms with E-state index in [9.17, 15) is 0 Å². The highest BCUT2D eigenvalue weighted by Crippen LogP contribution is 2.30. The minimum Gasteiger partial charge on any atom is -0.325 e. The predicted molar refractivity (Wildman–Crippen MR) is 83.0 cm³/mol. The molecule has 2 rings (SSSR count). The quantitative estimate of drug-likeness (QED) is 0.725. The number of H-pyrrole nitrogens is 2. The fraction of sp³-hybridized carbons (Fsp3) is 0.308. The van der Waals surface area contributed by atoms with Gasteiger partial charge in [-0.25, -0.2) is 0 Å². The summed E-state index contributed by atoms with van der Waals surface area (Å²) in [6.45, 7) is 6.50. The summed E-state index contributed by atoms with van der Waals surface area (Å²) in [5.41, 5.74) is 2.24. The fourth-order valence-corrected chi connectivity index (χ4v) is 2.28. The van der Waals surface area contributed by atoms with E-state index >= 15 is 0 Å². The van der Waals surface area contributed by atoms with Crippen molar-refractivity contribution >= 4 is 36.1 Å². The number of aromatic amines is 2. The van der Waals surface area contributed by atoms with Crippen molar-refractivity contribution in [1.29, 1.82) is 0 Å². The number of hydrogen-bond acceptors (Lipinski definition) is 4. The first kappa shape index (κ1) is 13.9. The Bertz CT molecular complexity index is 666. The molecule has 3 N–H and O–H groups in total. The van der Waals surface area contributed by atoms with Crippen molar-refractivity contribution in [2.24, 2.45) is 0 Å². The van der Waals surface area contributed by atoms with Gasteiger partial charge in [0.1, 0.15) is 0 Å². The Morgan fingerprint density at radius 1 is 1.11 bits per heavy atom. The molecule has 0 amide bonds. The van der Waals surface area contributed by atoms with Gasteiger partial charge in [-0.1, -0.05) is 39.0 Å². The second-order valence-corrected chi connectivity index (χ2v) is 6.06. The van der Waals surface area contributed by atoms with Crippen LogP contribution in [0.4, 0.5) is 11.6 Å². The van der Waals surface area contributed by atoms with E-state index < -0.39 is 0 Å². The number of aromatic nitrogens is 3. The summed E-state index contributed by atoms with van der Waals surface area (Å²) >= 11 is 10.1. The number of nitrogens with zero attached hydrogens (tertiary/aromatic N) is 1. The molecule has 0 saturated carbocycles. The first-order chi connectivity index (χ1) is 8.86. The lowest BCUT2D eigenvalue weighted by atomic mass is 9.86. The molecule has 0 spiro atoms. The summed E-state index contributed by atoms with van der Waals surface area (Å²) in [6.07, 6.45) is 0. The number of benzene rings is 1. The van der Waals surface area contributed by atoms with Crippen molar-refractivity contribution in [2.75, 3.05) is 5.32 Å². The highest BCUT2D eigenvalue weighted by atomic mass is 32.1. The molecule has 4 nitrogen and oxygen atoms in total. The van der Waals surface area contributed by atoms with Crippen LogP contribution in [0.25, 0.3) is 0 Å². The maximum atomic E-state index is 5.05. The molecule has 2 aromatic rings. The van der Waals surface area contributed by atoms with Crippen molar-refractivity contribution in [3.63, 3.8) is 0 Å². The Hall–Kier alpha value is -1.53. The number of rotatable bonds is 2. The zero-order chi connectivity index (χ0) is 14.0. The largest absolute Gasteiger partial charge is 0.325 e. The number of para-hydroxylation sites is 1. The van der Waals surface area contributed by atoms with Crippen LogP contribution < -0.4 is 5.32 Å². The molecule has 6 heteroatoms. The number of anilines is 2. The Kier molecular flexibility index (Phi) is 3.82. The third-order valence-electron chi connectivity index (χ3n) is 2.65. The normalized spacial score (nSPS) is 11.3. The van der Waals surface area contributed by atoms with Gasteiger partial charge in [0.15, 0.2) is 4.77 Å². The van der Waals surface area contributed by atoms with E-state index in [1.54, 1.807) is 0 Å². The van der Waals surface area contributed by atoms with Gasteiger partial charge in [0.2, 0.25) is 10.7 Å². The third-order valence-corrected chi connectivity index (χ3v) is 3.05. The van der Waals surface area contributed by atoms with Gasteiger partial charge in [-0.3, -0.25) is 0 Å². The first-order valence-corrected chi connectivity index (χ1v) is 6.75. The van der Waals surface area contributed by atoms with Crippen molar-refractivity contribution < 1.29 is 0 Å². The maximum Gasteiger partial charge on any atom is 0.209 e. The number of nitrogens with one attached hydrogen (secondary N) is 3. The zero-order valence-corrected chi connectivity index (χ0v) is 12.7. The van der Waals surface area contributed by atoms with E-state index in [4.69, 9.17) is 24.4 Å². The minimum atomic E-state index is 0.0398. The van der Waals surface area contributed by atoms with Crippen LogP contribution in [0.3, 0.4) is 0 Å². The van der Waals surface area contributed by atoms with Crippen LogP contribution in [0, 0.1) is 9.54 Å². The average molecular weight is 292 g/mol. The summed E-state index contributed by atoms with van der Waals surface area (Å²) < 4.78 is 0.815. The van der Waals surface area contributed by atoms with Crippen molar-refractivity contribution in [2.45, 2.75) is 26.2 Å². The SMILES string of the molecule is CC(C)(C)c1ccccc1Nc1nc(=S)[nH]c(=S)[nH]1. The molecule has 0 saturated heterocycles. The van der Waals surface area contributed by atoms with Gasteiger partial charge in [0.25, 0.3) is 0 Å². The third kappa shape index (κ3) is 3.48. The molecule has 0 atom stereocenters. The van der Waals surface area contributed by atoms with Crippen molar-refractivity contribution in [1.82, 2.24) is 15.0 Å². The smallest absolute Gasteiger partial charge is 0.209 e. The molecule has 100 valence electrons. The van der Waals surface area contributed by atoms with E-state index in [0.717, 1.165) is 5.69 Å². The summed E-state index contributed by atoms with van der Waals surface area (Å²) in [5.74, 6) is 0.547. The second kappa shape index (κ2) is 5.22. The highest BCUT2D eigenvalue weighted by Gasteiger charge is 2.17. The van der Waals surface area contributed by atoms with Gasteiger partial charge in [-0.2, -0.15) is 4.98 Å². The molecule has 1 aromatic carbocycles. The minimum absolute atomic E-state index is 0.0398. The lowest BCUT2D eigenvalue weighted by molar-refractivity contribution is 0.592. The Morgan fingerprint density at radius 2 is 1.79 bits per heavy atom. The van der Waals surface area contributed by atoms with Crippen molar-refractivity contribution in [3.05, 3.63) is 39.4 Å². The topological polar surface area (TPSA) is 56.5 Å². The molecule has 0 bridgehead atoms. The second-order valence-electron chi connectivity index (χ2n) is 5.27.